The Bertz CT molecular complexity index is 623. The van der Waals surface area contributed by atoms with E-state index in [0.29, 0.717) is 31.0 Å². The van der Waals surface area contributed by atoms with Gasteiger partial charge in [-0.1, -0.05) is 0 Å². The van der Waals surface area contributed by atoms with E-state index in [0.717, 1.165) is 24.9 Å². The summed E-state index contributed by atoms with van der Waals surface area (Å²) in [6.45, 7) is 2.13. The smallest absolute Gasteiger partial charge is 0.224 e. The summed E-state index contributed by atoms with van der Waals surface area (Å²) in [5.41, 5.74) is 6.90. The van der Waals surface area contributed by atoms with Gasteiger partial charge in [0.2, 0.25) is 11.9 Å². The maximum atomic E-state index is 11.7. The molecular weight excluding hydrogens is 258 g/mol. The van der Waals surface area contributed by atoms with Crippen LogP contribution in [0.15, 0.2) is 6.33 Å². The van der Waals surface area contributed by atoms with Gasteiger partial charge in [-0.2, -0.15) is 9.97 Å². The van der Waals surface area contributed by atoms with Gasteiger partial charge >= 0.3 is 0 Å². The maximum absolute atomic E-state index is 11.7. The number of carbonyl (C=O) groups is 1. The van der Waals surface area contributed by atoms with Crippen LogP contribution < -0.4 is 11.1 Å². The highest BCUT2D eigenvalue weighted by Gasteiger charge is 2.17. The normalized spacial score (nSPS) is 15.8. The fourth-order valence-electron chi connectivity index (χ4n) is 2.39. The quantitative estimate of drug-likeness (QED) is 0.742. The van der Waals surface area contributed by atoms with Gasteiger partial charge in [0.15, 0.2) is 11.5 Å². The summed E-state index contributed by atoms with van der Waals surface area (Å²) in [6, 6.07) is 0. The molecular formula is C12H17N7O. The number of amides is 1. The van der Waals surface area contributed by atoms with Crippen molar-refractivity contribution in [2.75, 3.05) is 30.7 Å². The SMILES string of the molecule is Nc1nc(NCCN2CCCCC2=O)c2[nH]cnc2n1. The number of nitrogen functional groups attached to an aromatic ring is 1. The fourth-order valence-corrected chi connectivity index (χ4v) is 2.39. The molecule has 1 aliphatic heterocycles. The zero-order valence-electron chi connectivity index (χ0n) is 11.1. The average Bonchev–Trinajstić information content (AvgIpc) is 2.89. The van der Waals surface area contributed by atoms with Gasteiger partial charge in [0.05, 0.1) is 6.33 Å². The minimum Gasteiger partial charge on any atom is -0.368 e. The van der Waals surface area contributed by atoms with Crippen LogP contribution in [-0.4, -0.2) is 50.4 Å². The molecule has 3 heterocycles. The molecule has 1 fully saturated rings. The molecule has 4 N–H and O–H groups in total. The summed E-state index contributed by atoms with van der Waals surface area (Å²) < 4.78 is 0. The third-order valence-corrected chi connectivity index (χ3v) is 3.40. The number of nitrogens with one attached hydrogen (secondary N) is 2. The number of H-pyrrole nitrogens is 1. The number of hydrogen-bond donors (Lipinski definition) is 3. The van der Waals surface area contributed by atoms with Gasteiger partial charge in [0.1, 0.15) is 5.52 Å². The molecule has 0 spiro atoms. The number of fused-ring (bicyclic) bond motifs is 1. The first-order valence-corrected chi connectivity index (χ1v) is 6.72. The van der Waals surface area contributed by atoms with Crippen molar-refractivity contribution in [3.63, 3.8) is 0 Å². The van der Waals surface area contributed by atoms with Crippen LogP contribution in [0.4, 0.5) is 11.8 Å². The van der Waals surface area contributed by atoms with E-state index in [1.807, 2.05) is 4.90 Å². The molecule has 0 radical (unpaired) electrons. The number of piperidine rings is 1. The van der Waals surface area contributed by atoms with Crippen molar-refractivity contribution in [1.82, 2.24) is 24.8 Å². The molecule has 8 heteroatoms. The Labute approximate surface area is 115 Å². The number of aromatic amines is 1. The van der Waals surface area contributed by atoms with E-state index in [-0.39, 0.29) is 11.9 Å². The van der Waals surface area contributed by atoms with Crippen molar-refractivity contribution in [2.45, 2.75) is 19.3 Å². The Balaban J connectivity index is 1.65. The number of aromatic nitrogens is 4. The van der Waals surface area contributed by atoms with Gasteiger partial charge in [-0.3, -0.25) is 4.79 Å². The Morgan fingerprint density at radius 1 is 1.40 bits per heavy atom. The topological polar surface area (TPSA) is 113 Å². The second kappa shape index (κ2) is 5.32. The molecule has 0 saturated carbocycles. The second-order valence-electron chi connectivity index (χ2n) is 4.80. The van der Waals surface area contributed by atoms with Crippen molar-refractivity contribution >= 4 is 28.8 Å². The van der Waals surface area contributed by atoms with Gasteiger partial charge < -0.3 is 20.9 Å². The van der Waals surface area contributed by atoms with Crippen LogP contribution in [0, 0.1) is 0 Å². The molecule has 8 nitrogen and oxygen atoms in total. The van der Waals surface area contributed by atoms with E-state index in [2.05, 4.69) is 25.3 Å². The standard InChI is InChI=1S/C12H17N7O/c13-12-17-10(9-11(18-12)16-7-15-9)14-4-6-19-5-2-1-3-8(19)20/h7H,1-6H2,(H4,13,14,15,16,17,18). The Kier molecular flexibility index (Phi) is 3.36. The molecule has 1 aliphatic rings. The average molecular weight is 275 g/mol. The molecule has 0 bridgehead atoms. The number of nitrogens with zero attached hydrogens (tertiary/aromatic N) is 4. The lowest BCUT2D eigenvalue weighted by Gasteiger charge is -2.26. The zero-order chi connectivity index (χ0) is 13.9. The lowest BCUT2D eigenvalue weighted by Crippen LogP contribution is -2.38. The van der Waals surface area contributed by atoms with Crippen molar-refractivity contribution < 1.29 is 4.79 Å². The van der Waals surface area contributed by atoms with Gasteiger partial charge in [0, 0.05) is 26.1 Å². The maximum Gasteiger partial charge on any atom is 0.224 e. The molecule has 1 amide bonds. The summed E-state index contributed by atoms with van der Waals surface area (Å²) in [5.74, 6) is 1.03. The molecule has 0 aromatic carbocycles. The van der Waals surface area contributed by atoms with Crippen molar-refractivity contribution in [1.29, 1.82) is 0 Å². The summed E-state index contributed by atoms with van der Waals surface area (Å²) >= 11 is 0. The van der Waals surface area contributed by atoms with Crippen molar-refractivity contribution in [3.8, 4) is 0 Å². The first-order valence-electron chi connectivity index (χ1n) is 6.72. The van der Waals surface area contributed by atoms with E-state index in [1.54, 1.807) is 6.33 Å². The Morgan fingerprint density at radius 2 is 2.30 bits per heavy atom. The molecule has 20 heavy (non-hydrogen) atoms. The number of rotatable bonds is 4. The predicted molar refractivity (Wildman–Crippen MR) is 75.0 cm³/mol. The lowest BCUT2D eigenvalue weighted by molar-refractivity contribution is -0.133. The van der Waals surface area contributed by atoms with Crippen LogP contribution in [0.3, 0.4) is 0 Å². The number of anilines is 2. The van der Waals surface area contributed by atoms with Gasteiger partial charge in [-0.25, -0.2) is 4.98 Å². The summed E-state index contributed by atoms with van der Waals surface area (Å²) in [5, 5.41) is 3.19. The van der Waals surface area contributed by atoms with Crippen LogP contribution in [-0.2, 0) is 4.79 Å². The van der Waals surface area contributed by atoms with Crippen molar-refractivity contribution in [2.24, 2.45) is 0 Å². The van der Waals surface area contributed by atoms with Crippen LogP contribution in [0.2, 0.25) is 0 Å². The highest BCUT2D eigenvalue weighted by atomic mass is 16.2. The highest BCUT2D eigenvalue weighted by molar-refractivity contribution is 5.83. The largest absolute Gasteiger partial charge is 0.368 e. The molecule has 0 aliphatic carbocycles. The molecule has 1 saturated heterocycles. The number of carbonyl (C=O) groups excluding carboxylic acids is 1. The highest BCUT2D eigenvalue weighted by Crippen LogP contribution is 2.17. The van der Waals surface area contributed by atoms with E-state index >= 15 is 0 Å². The molecule has 106 valence electrons. The molecule has 0 atom stereocenters. The van der Waals surface area contributed by atoms with Crippen LogP contribution in [0.5, 0.6) is 0 Å². The third-order valence-electron chi connectivity index (χ3n) is 3.40. The first-order chi connectivity index (χ1) is 9.74. The van der Waals surface area contributed by atoms with Crippen LogP contribution in [0.1, 0.15) is 19.3 Å². The summed E-state index contributed by atoms with van der Waals surface area (Å²) in [6.07, 6.45) is 4.29. The molecule has 0 unspecified atom stereocenters. The Hall–Kier alpha value is -2.38. The number of nitrogens with two attached hydrogens (primary N) is 1. The van der Waals surface area contributed by atoms with E-state index < -0.39 is 0 Å². The van der Waals surface area contributed by atoms with E-state index in [9.17, 15) is 4.79 Å². The molecule has 3 rings (SSSR count). The number of likely N-dealkylation sites (tertiary alicyclic amines) is 1. The third kappa shape index (κ3) is 2.49. The predicted octanol–water partition coefficient (Wildman–Crippen LogP) is 0.359. The van der Waals surface area contributed by atoms with E-state index in [1.165, 1.54) is 0 Å². The summed E-state index contributed by atoms with van der Waals surface area (Å²) in [7, 11) is 0. The summed E-state index contributed by atoms with van der Waals surface area (Å²) in [4.78, 5) is 28.8. The monoisotopic (exact) mass is 275 g/mol. The van der Waals surface area contributed by atoms with Crippen molar-refractivity contribution in [3.05, 3.63) is 6.33 Å². The second-order valence-corrected chi connectivity index (χ2v) is 4.80. The lowest BCUT2D eigenvalue weighted by atomic mass is 10.1. The number of imidazole rings is 1. The molecule has 2 aromatic heterocycles. The van der Waals surface area contributed by atoms with Gasteiger partial charge in [-0.05, 0) is 12.8 Å². The Morgan fingerprint density at radius 3 is 3.15 bits per heavy atom. The van der Waals surface area contributed by atoms with Crippen LogP contribution in [0.25, 0.3) is 11.2 Å². The fraction of sp³-hybridized carbons (Fsp3) is 0.500. The number of hydrogen-bond acceptors (Lipinski definition) is 6. The van der Waals surface area contributed by atoms with Crippen LogP contribution >= 0.6 is 0 Å². The van der Waals surface area contributed by atoms with E-state index in [4.69, 9.17) is 5.73 Å². The van der Waals surface area contributed by atoms with Gasteiger partial charge in [0.25, 0.3) is 0 Å². The molecule has 2 aromatic rings. The van der Waals surface area contributed by atoms with Gasteiger partial charge in [-0.15, -0.1) is 0 Å². The first kappa shape index (κ1) is 12.6. The minimum atomic E-state index is 0.182. The zero-order valence-corrected chi connectivity index (χ0v) is 11.1. The minimum absolute atomic E-state index is 0.182.